The molecule has 23 heavy (non-hydrogen) atoms. The average molecular weight is 348 g/mol. The van der Waals surface area contributed by atoms with Gasteiger partial charge >= 0.3 is 0 Å². The summed E-state index contributed by atoms with van der Waals surface area (Å²) in [5.41, 5.74) is 0.595. The van der Waals surface area contributed by atoms with Gasteiger partial charge in [0.2, 0.25) is 10.0 Å². The van der Waals surface area contributed by atoms with E-state index in [-0.39, 0.29) is 11.7 Å². The summed E-state index contributed by atoms with van der Waals surface area (Å²) in [4.78, 5) is 0. The van der Waals surface area contributed by atoms with E-state index in [4.69, 9.17) is 4.74 Å². The van der Waals surface area contributed by atoms with E-state index in [1.807, 2.05) is 0 Å². The average Bonchev–Trinajstić information content (AvgIpc) is 2.49. The first-order valence-electron chi connectivity index (χ1n) is 7.51. The van der Waals surface area contributed by atoms with Gasteiger partial charge in [-0.15, -0.1) is 0 Å². The fourth-order valence-electron chi connectivity index (χ4n) is 2.78. The van der Waals surface area contributed by atoms with Gasteiger partial charge in [-0.1, -0.05) is 6.07 Å². The Labute approximate surface area is 135 Å². The third-order valence-electron chi connectivity index (χ3n) is 4.04. The summed E-state index contributed by atoms with van der Waals surface area (Å²) in [5, 5.41) is 3.12. The molecule has 0 radical (unpaired) electrons. The molecule has 0 aliphatic carbocycles. The number of hydrogen-bond acceptors (Lipinski definition) is 4. The molecule has 0 aromatic heterocycles. The number of benzene rings is 1. The van der Waals surface area contributed by atoms with Gasteiger partial charge in [0.15, 0.2) is 11.6 Å². The molecule has 8 heteroatoms. The highest BCUT2D eigenvalue weighted by Gasteiger charge is 2.31. The predicted octanol–water partition coefficient (Wildman–Crippen LogP) is 1.36. The molecule has 2 N–H and O–H groups in total. The summed E-state index contributed by atoms with van der Waals surface area (Å²) < 4.78 is 58.6. The molecule has 1 aliphatic rings. The molecule has 1 aromatic rings. The zero-order valence-corrected chi connectivity index (χ0v) is 14.0. The van der Waals surface area contributed by atoms with Gasteiger partial charge in [0.05, 0.1) is 11.9 Å². The van der Waals surface area contributed by atoms with Crippen LogP contribution in [-0.4, -0.2) is 46.5 Å². The Morgan fingerprint density at radius 3 is 2.78 bits per heavy atom. The molecule has 0 saturated carbocycles. The molecule has 2 rings (SSSR count). The van der Waals surface area contributed by atoms with Crippen molar-refractivity contribution in [3.63, 3.8) is 0 Å². The van der Waals surface area contributed by atoms with Gasteiger partial charge in [-0.3, -0.25) is 0 Å². The van der Waals surface area contributed by atoms with Crippen molar-refractivity contribution in [2.75, 3.05) is 26.0 Å². The van der Waals surface area contributed by atoms with Gasteiger partial charge in [0.1, 0.15) is 0 Å². The summed E-state index contributed by atoms with van der Waals surface area (Å²) >= 11 is 0. The lowest BCUT2D eigenvalue weighted by molar-refractivity contribution is 0.136. The molecule has 0 amide bonds. The van der Waals surface area contributed by atoms with Crippen LogP contribution in [0.5, 0.6) is 0 Å². The van der Waals surface area contributed by atoms with Crippen molar-refractivity contribution in [1.29, 1.82) is 0 Å². The second kappa shape index (κ2) is 7.65. The third-order valence-corrected chi connectivity index (χ3v) is 5.61. The van der Waals surface area contributed by atoms with Crippen molar-refractivity contribution in [2.24, 2.45) is 0 Å². The van der Waals surface area contributed by atoms with Gasteiger partial charge in [0.25, 0.3) is 0 Å². The van der Waals surface area contributed by atoms with Gasteiger partial charge in [0, 0.05) is 25.6 Å². The van der Waals surface area contributed by atoms with Crippen LogP contribution < -0.4 is 10.0 Å². The number of hydrogen-bond donors (Lipinski definition) is 2. The molecule has 1 aliphatic heterocycles. The molecular weight excluding hydrogens is 326 g/mol. The third kappa shape index (κ3) is 4.94. The Hall–Kier alpha value is -1.09. The van der Waals surface area contributed by atoms with E-state index in [9.17, 15) is 17.2 Å². The molecule has 1 fully saturated rings. The summed E-state index contributed by atoms with van der Waals surface area (Å²) in [6.45, 7) is 2.80. The number of sulfonamides is 1. The van der Waals surface area contributed by atoms with Crippen LogP contribution in [0.4, 0.5) is 8.78 Å². The number of halogens is 2. The van der Waals surface area contributed by atoms with Crippen LogP contribution >= 0.6 is 0 Å². The van der Waals surface area contributed by atoms with Crippen LogP contribution in [0, 0.1) is 11.6 Å². The van der Waals surface area contributed by atoms with Crippen LogP contribution in [-0.2, 0) is 14.8 Å². The first-order valence-corrected chi connectivity index (χ1v) is 9.16. The molecule has 0 spiro atoms. The van der Waals surface area contributed by atoms with Crippen molar-refractivity contribution in [3.8, 4) is 0 Å². The lowest BCUT2D eigenvalue weighted by Gasteiger charge is -2.33. The van der Waals surface area contributed by atoms with Crippen LogP contribution in [0.2, 0.25) is 0 Å². The molecule has 3 atom stereocenters. The Morgan fingerprint density at radius 1 is 1.39 bits per heavy atom. The van der Waals surface area contributed by atoms with Crippen molar-refractivity contribution < 1.29 is 21.9 Å². The van der Waals surface area contributed by atoms with Gasteiger partial charge in [-0.25, -0.2) is 21.9 Å². The number of rotatable bonds is 6. The minimum atomic E-state index is -3.53. The maximum atomic E-state index is 13.5. The number of ether oxygens (including phenoxy) is 1. The summed E-state index contributed by atoms with van der Waals surface area (Å²) in [6.07, 6.45) is 0.212. The predicted molar refractivity (Wildman–Crippen MR) is 83.8 cm³/mol. The van der Waals surface area contributed by atoms with Gasteiger partial charge in [-0.05, 0) is 37.6 Å². The second-order valence-electron chi connectivity index (χ2n) is 5.82. The SMILES string of the molecule is COC(C)CS(=O)(=O)NC1CNCCC1c1ccc(F)c(F)c1. The largest absolute Gasteiger partial charge is 0.381 e. The van der Waals surface area contributed by atoms with E-state index in [1.165, 1.54) is 13.2 Å². The van der Waals surface area contributed by atoms with Crippen LogP contribution in [0.15, 0.2) is 18.2 Å². The molecule has 3 unspecified atom stereocenters. The van der Waals surface area contributed by atoms with E-state index >= 15 is 0 Å². The molecule has 5 nitrogen and oxygen atoms in total. The number of piperidine rings is 1. The summed E-state index contributed by atoms with van der Waals surface area (Å²) in [6, 6.07) is 3.31. The van der Waals surface area contributed by atoms with Crippen LogP contribution in [0.25, 0.3) is 0 Å². The van der Waals surface area contributed by atoms with E-state index in [2.05, 4.69) is 10.0 Å². The normalized spacial score (nSPS) is 23.7. The molecular formula is C15H22F2N2O3S. The first-order chi connectivity index (χ1) is 10.8. The second-order valence-corrected chi connectivity index (χ2v) is 7.62. The Morgan fingerprint density at radius 2 is 2.13 bits per heavy atom. The smallest absolute Gasteiger partial charge is 0.214 e. The standard InChI is InChI=1S/C15H22F2N2O3S/c1-10(22-2)9-23(20,21)19-15-8-18-6-5-12(15)11-3-4-13(16)14(17)7-11/h3-4,7,10,12,15,18-19H,5-6,8-9H2,1-2H3. The zero-order chi connectivity index (χ0) is 17.0. The monoisotopic (exact) mass is 348 g/mol. The minimum absolute atomic E-state index is 0.148. The fourth-order valence-corrected chi connectivity index (χ4v) is 4.34. The maximum absolute atomic E-state index is 13.5. The number of nitrogens with one attached hydrogen (secondary N) is 2. The topological polar surface area (TPSA) is 67.4 Å². The highest BCUT2D eigenvalue weighted by Crippen LogP contribution is 2.27. The Balaban J connectivity index is 2.16. The molecule has 1 heterocycles. The van der Waals surface area contributed by atoms with E-state index in [1.54, 1.807) is 6.92 Å². The maximum Gasteiger partial charge on any atom is 0.214 e. The highest BCUT2D eigenvalue weighted by atomic mass is 32.2. The van der Waals surface area contributed by atoms with Crippen LogP contribution in [0.1, 0.15) is 24.8 Å². The number of methoxy groups -OCH3 is 1. The van der Waals surface area contributed by atoms with E-state index in [0.29, 0.717) is 25.1 Å². The van der Waals surface area contributed by atoms with Gasteiger partial charge < -0.3 is 10.1 Å². The van der Waals surface area contributed by atoms with Crippen molar-refractivity contribution >= 4 is 10.0 Å². The molecule has 0 bridgehead atoms. The zero-order valence-electron chi connectivity index (χ0n) is 13.2. The highest BCUT2D eigenvalue weighted by molar-refractivity contribution is 7.89. The van der Waals surface area contributed by atoms with Gasteiger partial charge in [-0.2, -0.15) is 0 Å². The minimum Gasteiger partial charge on any atom is -0.381 e. The molecule has 130 valence electrons. The van der Waals surface area contributed by atoms with E-state index in [0.717, 1.165) is 12.1 Å². The van der Waals surface area contributed by atoms with E-state index < -0.39 is 33.8 Å². The summed E-state index contributed by atoms with van der Waals surface area (Å²) in [5.74, 6) is -2.19. The summed E-state index contributed by atoms with van der Waals surface area (Å²) in [7, 11) is -2.08. The Kier molecular flexibility index (Phi) is 6.07. The quantitative estimate of drug-likeness (QED) is 0.815. The van der Waals surface area contributed by atoms with Crippen molar-refractivity contribution in [1.82, 2.24) is 10.0 Å². The Bertz CT molecular complexity index is 640. The van der Waals surface area contributed by atoms with Crippen molar-refractivity contribution in [2.45, 2.75) is 31.4 Å². The molecule has 1 aromatic carbocycles. The lowest BCUT2D eigenvalue weighted by Crippen LogP contribution is -2.51. The lowest BCUT2D eigenvalue weighted by atomic mass is 9.86. The first kappa shape index (κ1) is 18.3. The molecule has 1 saturated heterocycles. The van der Waals surface area contributed by atoms with Crippen molar-refractivity contribution in [3.05, 3.63) is 35.4 Å². The van der Waals surface area contributed by atoms with Crippen LogP contribution in [0.3, 0.4) is 0 Å². The fraction of sp³-hybridized carbons (Fsp3) is 0.600.